The van der Waals surface area contributed by atoms with Crippen LogP contribution in [0.1, 0.15) is 30.5 Å². The molecule has 0 N–H and O–H groups in total. The fourth-order valence-electron chi connectivity index (χ4n) is 6.78. The van der Waals surface area contributed by atoms with Crippen LogP contribution >= 0.6 is 0 Å². The molecule has 1 aromatic heterocycles. The van der Waals surface area contributed by atoms with Gasteiger partial charge in [-0.3, -0.25) is 4.99 Å². The summed E-state index contributed by atoms with van der Waals surface area (Å²) in [6.07, 6.45) is 10.9. The van der Waals surface area contributed by atoms with Crippen LogP contribution in [0, 0.1) is 0 Å². The second-order valence-corrected chi connectivity index (χ2v) is 11.2. The first kappa shape index (κ1) is 22.4. The molecule has 3 aliphatic rings. The fourth-order valence-corrected chi connectivity index (χ4v) is 6.78. The molecule has 2 unspecified atom stereocenters. The molecule has 0 fully saturated rings. The highest BCUT2D eigenvalue weighted by molar-refractivity contribution is 6.12. The smallest absolute Gasteiger partial charge is 0.136 e. The van der Waals surface area contributed by atoms with Crippen molar-refractivity contribution in [1.29, 1.82) is 0 Å². The van der Waals surface area contributed by atoms with E-state index in [1.54, 1.807) is 0 Å². The lowest BCUT2D eigenvalue weighted by Gasteiger charge is -2.29. The van der Waals surface area contributed by atoms with E-state index < -0.39 is 0 Å². The van der Waals surface area contributed by atoms with Crippen molar-refractivity contribution in [2.75, 3.05) is 4.90 Å². The predicted molar refractivity (Wildman–Crippen MR) is 162 cm³/mol. The molecule has 3 heteroatoms. The number of nitrogens with zero attached hydrogens (tertiary/aromatic N) is 3. The predicted octanol–water partition coefficient (Wildman–Crippen LogP) is 8.07. The summed E-state index contributed by atoms with van der Waals surface area (Å²) in [5.41, 5.74) is 10.2. The van der Waals surface area contributed by atoms with E-state index in [0.717, 1.165) is 17.1 Å². The van der Waals surface area contributed by atoms with Gasteiger partial charge in [0, 0.05) is 39.5 Å². The van der Waals surface area contributed by atoms with Gasteiger partial charge in [-0.25, -0.2) is 0 Å². The lowest BCUT2D eigenvalue weighted by Crippen LogP contribution is -2.39. The molecule has 1 aliphatic heterocycles. The van der Waals surface area contributed by atoms with Crippen LogP contribution in [-0.2, 0) is 5.41 Å². The van der Waals surface area contributed by atoms with Gasteiger partial charge in [-0.15, -0.1) is 0 Å². The molecular weight excluding hydrogens is 474 g/mol. The van der Waals surface area contributed by atoms with E-state index >= 15 is 0 Å². The van der Waals surface area contributed by atoms with Crippen LogP contribution in [0.3, 0.4) is 0 Å². The molecule has 0 spiro atoms. The molecule has 0 saturated heterocycles. The third kappa shape index (κ3) is 3.20. The Bertz CT molecular complexity index is 1830. The van der Waals surface area contributed by atoms with Crippen molar-refractivity contribution < 1.29 is 0 Å². The van der Waals surface area contributed by atoms with Crippen molar-refractivity contribution in [3.8, 4) is 16.8 Å². The molecule has 0 amide bonds. The molecule has 2 aliphatic carbocycles. The van der Waals surface area contributed by atoms with E-state index in [9.17, 15) is 0 Å². The summed E-state index contributed by atoms with van der Waals surface area (Å²) in [6.45, 7) is 4.68. The van der Waals surface area contributed by atoms with Crippen LogP contribution in [0.15, 0.2) is 133 Å². The minimum Gasteiger partial charge on any atom is -0.317 e. The van der Waals surface area contributed by atoms with Gasteiger partial charge in [0.1, 0.15) is 5.84 Å². The standard InChI is InChI=1S/C36H29N3/c1-36(2)29-13-7-6-12-28(29)33-30(36)21-18-24-22-23-38(34(24)33)26-19-16-25(17-20-26)35-37-31-14-8-9-15-32(31)39(35)27-10-4-3-5-11-27/h3-23,31-32H,1-2H3. The van der Waals surface area contributed by atoms with Crippen LogP contribution in [0.25, 0.3) is 27.7 Å². The number of amidine groups is 1. The van der Waals surface area contributed by atoms with Gasteiger partial charge in [0.2, 0.25) is 0 Å². The van der Waals surface area contributed by atoms with Crippen molar-refractivity contribution in [3.63, 3.8) is 0 Å². The summed E-state index contributed by atoms with van der Waals surface area (Å²) in [7, 11) is 0. The maximum atomic E-state index is 5.17. The minimum atomic E-state index is -0.0136. The number of rotatable bonds is 3. The second-order valence-electron chi connectivity index (χ2n) is 11.2. The molecule has 2 heterocycles. The topological polar surface area (TPSA) is 20.5 Å². The van der Waals surface area contributed by atoms with E-state index in [0.29, 0.717) is 0 Å². The summed E-state index contributed by atoms with van der Waals surface area (Å²) in [5.74, 6) is 1.02. The number of fused-ring (bicyclic) bond motifs is 6. The SMILES string of the molecule is CC1(C)c2ccccc2-c2c1ccc1ccn(-c3ccc(C4=NC5C=CC=CC5N4c4ccccc4)cc3)c21. The first-order valence-corrected chi connectivity index (χ1v) is 13.7. The Balaban J connectivity index is 1.24. The first-order chi connectivity index (χ1) is 19.1. The quantitative estimate of drug-likeness (QED) is 0.244. The van der Waals surface area contributed by atoms with E-state index in [-0.39, 0.29) is 17.5 Å². The normalized spacial score (nSPS) is 20.2. The van der Waals surface area contributed by atoms with Gasteiger partial charge in [-0.2, -0.15) is 0 Å². The monoisotopic (exact) mass is 503 g/mol. The van der Waals surface area contributed by atoms with Crippen molar-refractivity contribution in [2.24, 2.45) is 4.99 Å². The van der Waals surface area contributed by atoms with Crippen molar-refractivity contribution in [3.05, 3.63) is 144 Å². The number of allylic oxidation sites excluding steroid dienone is 2. The fraction of sp³-hybridized carbons (Fsp3) is 0.139. The number of aromatic nitrogens is 1. The molecule has 0 bridgehead atoms. The van der Waals surface area contributed by atoms with E-state index in [4.69, 9.17) is 4.99 Å². The van der Waals surface area contributed by atoms with Crippen LogP contribution in [0.2, 0.25) is 0 Å². The highest BCUT2D eigenvalue weighted by Gasteiger charge is 2.37. The lowest BCUT2D eigenvalue weighted by atomic mass is 9.82. The lowest BCUT2D eigenvalue weighted by molar-refractivity contribution is 0.661. The Morgan fingerprint density at radius 1 is 0.692 bits per heavy atom. The average molecular weight is 504 g/mol. The summed E-state index contributed by atoms with van der Waals surface area (Å²) in [4.78, 5) is 7.54. The number of hydrogen-bond acceptors (Lipinski definition) is 2. The van der Waals surface area contributed by atoms with Gasteiger partial charge in [-0.1, -0.05) is 92.7 Å². The molecule has 3 nitrogen and oxygen atoms in total. The van der Waals surface area contributed by atoms with Gasteiger partial charge in [0.05, 0.1) is 17.6 Å². The molecule has 188 valence electrons. The Morgan fingerprint density at radius 3 is 2.31 bits per heavy atom. The van der Waals surface area contributed by atoms with Crippen LogP contribution in [0.4, 0.5) is 5.69 Å². The maximum Gasteiger partial charge on any atom is 0.136 e. The zero-order chi connectivity index (χ0) is 26.1. The third-order valence-electron chi connectivity index (χ3n) is 8.71. The Morgan fingerprint density at radius 2 is 1.46 bits per heavy atom. The van der Waals surface area contributed by atoms with Gasteiger partial charge < -0.3 is 9.47 Å². The van der Waals surface area contributed by atoms with E-state index in [1.165, 1.54) is 38.8 Å². The van der Waals surface area contributed by atoms with Crippen LogP contribution in [-0.4, -0.2) is 22.5 Å². The summed E-state index contributed by atoms with van der Waals surface area (Å²) in [6, 6.07) is 35.6. The summed E-state index contributed by atoms with van der Waals surface area (Å²) in [5, 5.41) is 1.27. The zero-order valence-corrected chi connectivity index (χ0v) is 22.1. The maximum absolute atomic E-state index is 5.17. The summed E-state index contributed by atoms with van der Waals surface area (Å²) >= 11 is 0. The van der Waals surface area contributed by atoms with Crippen molar-refractivity contribution >= 4 is 22.4 Å². The van der Waals surface area contributed by atoms with E-state index in [2.05, 4.69) is 151 Å². The van der Waals surface area contributed by atoms with Crippen LogP contribution < -0.4 is 4.90 Å². The second kappa shape index (κ2) is 8.18. The number of hydrogen-bond donors (Lipinski definition) is 0. The molecule has 2 atom stereocenters. The number of anilines is 1. The zero-order valence-electron chi connectivity index (χ0n) is 22.1. The Hall–Kier alpha value is -4.63. The first-order valence-electron chi connectivity index (χ1n) is 13.7. The van der Waals surface area contributed by atoms with Gasteiger partial charge >= 0.3 is 0 Å². The Kier molecular flexibility index (Phi) is 4.69. The van der Waals surface area contributed by atoms with Gasteiger partial charge in [-0.05, 0) is 59.2 Å². The minimum absolute atomic E-state index is 0.0136. The van der Waals surface area contributed by atoms with Crippen LogP contribution in [0.5, 0.6) is 0 Å². The van der Waals surface area contributed by atoms with E-state index in [1.807, 2.05) is 0 Å². The molecule has 0 saturated carbocycles. The largest absolute Gasteiger partial charge is 0.317 e. The Labute approximate surface area is 229 Å². The van der Waals surface area contributed by atoms with Crippen molar-refractivity contribution in [2.45, 2.75) is 31.3 Å². The highest BCUT2D eigenvalue weighted by Crippen LogP contribution is 2.51. The van der Waals surface area contributed by atoms with Gasteiger partial charge in [0.15, 0.2) is 0 Å². The third-order valence-corrected chi connectivity index (χ3v) is 8.71. The number of aliphatic imine (C=N–C) groups is 1. The molecule has 8 rings (SSSR count). The molecule has 5 aromatic rings. The highest BCUT2D eigenvalue weighted by atomic mass is 15.3. The number of benzene rings is 4. The van der Waals surface area contributed by atoms with Crippen molar-refractivity contribution in [1.82, 2.24) is 4.57 Å². The average Bonchev–Trinajstić information content (AvgIpc) is 3.65. The summed E-state index contributed by atoms with van der Waals surface area (Å²) < 4.78 is 2.35. The van der Waals surface area contributed by atoms with Gasteiger partial charge in [0.25, 0.3) is 0 Å². The molecular formula is C36H29N3. The molecule has 4 aromatic carbocycles. The number of para-hydroxylation sites is 1. The molecule has 39 heavy (non-hydrogen) atoms. The molecule has 0 radical (unpaired) electrons.